The Morgan fingerprint density at radius 3 is 2.03 bits per heavy atom. The first-order valence-corrected chi connectivity index (χ1v) is 9.83. The number of carbonyl (C=O) groups is 1. The molecule has 2 aliphatic rings. The first-order chi connectivity index (χ1) is 13.8. The van der Waals surface area contributed by atoms with Gasteiger partial charge in [0.2, 0.25) is 0 Å². The third-order valence-corrected chi connectivity index (χ3v) is 5.44. The van der Waals surface area contributed by atoms with Crippen molar-refractivity contribution in [1.29, 1.82) is 0 Å². The molecule has 168 valence electrons. The van der Waals surface area contributed by atoms with Crippen molar-refractivity contribution < 1.29 is 35.9 Å². The van der Waals surface area contributed by atoms with Gasteiger partial charge in [-0.15, -0.1) is 0 Å². The van der Waals surface area contributed by atoms with E-state index in [1.54, 1.807) is 0 Å². The van der Waals surface area contributed by atoms with Gasteiger partial charge in [-0.05, 0) is 44.9 Å². The van der Waals surface area contributed by atoms with Crippen LogP contribution in [0.5, 0.6) is 0 Å². The van der Waals surface area contributed by atoms with Crippen molar-refractivity contribution in [3.05, 3.63) is 34.9 Å². The molecule has 0 spiro atoms. The molecule has 2 fully saturated rings. The normalized spacial score (nSPS) is 26.3. The van der Waals surface area contributed by atoms with Gasteiger partial charge in [0.25, 0.3) is 5.91 Å². The average Bonchev–Trinajstić information content (AvgIpc) is 3.06. The van der Waals surface area contributed by atoms with E-state index in [4.69, 9.17) is 4.74 Å². The quantitative estimate of drug-likeness (QED) is 0.655. The molecule has 2 heterocycles. The van der Waals surface area contributed by atoms with Gasteiger partial charge in [0.1, 0.15) is 0 Å². The lowest BCUT2D eigenvalue weighted by Gasteiger charge is -2.38. The smallest absolute Gasteiger partial charge is 0.373 e. The van der Waals surface area contributed by atoms with Crippen molar-refractivity contribution >= 4 is 5.91 Å². The summed E-state index contributed by atoms with van der Waals surface area (Å²) in [7, 11) is 0. The van der Waals surface area contributed by atoms with Crippen LogP contribution in [0.3, 0.4) is 0 Å². The number of nitrogens with zero attached hydrogens (tertiary/aromatic N) is 2. The maximum Gasteiger partial charge on any atom is 0.416 e. The van der Waals surface area contributed by atoms with Gasteiger partial charge >= 0.3 is 12.4 Å². The second-order valence-corrected chi connectivity index (χ2v) is 8.07. The fourth-order valence-electron chi connectivity index (χ4n) is 4.27. The van der Waals surface area contributed by atoms with Crippen LogP contribution in [-0.4, -0.2) is 60.1 Å². The Labute approximate surface area is 170 Å². The number of likely N-dealkylation sites (tertiary alicyclic amines) is 1. The summed E-state index contributed by atoms with van der Waals surface area (Å²) in [5.41, 5.74) is -3.55. The van der Waals surface area contributed by atoms with E-state index < -0.39 is 35.0 Å². The molecule has 0 aliphatic carbocycles. The van der Waals surface area contributed by atoms with E-state index in [1.165, 1.54) is 4.90 Å². The number of hydrogen-bond donors (Lipinski definition) is 0. The summed E-state index contributed by atoms with van der Waals surface area (Å²) < 4.78 is 84.4. The van der Waals surface area contributed by atoms with Crippen LogP contribution >= 0.6 is 0 Å². The molecular weight excluding hydrogens is 414 g/mol. The number of hydrogen-bond acceptors (Lipinski definition) is 3. The van der Waals surface area contributed by atoms with E-state index in [2.05, 4.69) is 4.90 Å². The molecule has 1 aromatic carbocycles. The summed E-state index contributed by atoms with van der Waals surface area (Å²) in [6.45, 7) is 5.99. The number of carbonyl (C=O) groups excluding carboxylic acids is 1. The average molecular weight is 438 g/mol. The van der Waals surface area contributed by atoms with Gasteiger partial charge < -0.3 is 9.64 Å². The van der Waals surface area contributed by atoms with Gasteiger partial charge in [0.15, 0.2) is 0 Å². The van der Waals surface area contributed by atoms with Crippen LogP contribution in [0, 0.1) is 0 Å². The Morgan fingerprint density at radius 1 is 1.00 bits per heavy atom. The Balaban J connectivity index is 1.84. The Bertz CT molecular complexity index is 737. The Kier molecular flexibility index (Phi) is 6.38. The molecule has 0 radical (unpaired) electrons. The first-order valence-electron chi connectivity index (χ1n) is 9.83. The number of ether oxygens (including phenoxy) is 1. The van der Waals surface area contributed by atoms with Crippen LogP contribution in [0.25, 0.3) is 0 Å². The standard InChI is InChI=1S/C20H24F6N2O2/c1-12-9-27(10-13(2)30-12)11-17-4-3-5-28(17)18(29)14-6-15(19(21,22)23)8-16(7-14)20(24,25)26/h6-8,12-13,17H,3-5,9-11H2,1-2H3. The minimum absolute atomic E-state index is 0.0112. The van der Waals surface area contributed by atoms with Crippen LogP contribution in [0.15, 0.2) is 18.2 Å². The van der Waals surface area contributed by atoms with Gasteiger partial charge in [-0.2, -0.15) is 26.3 Å². The molecule has 0 bridgehead atoms. The number of alkyl halides is 6. The highest BCUT2D eigenvalue weighted by atomic mass is 19.4. The summed E-state index contributed by atoms with van der Waals surface area (Å²) >= 11 is 0. The third-order valence-electron chi connectivity index (χ3n) is 5.44. The summed E-state index contributed by atoms with van der Waals surface area (Å²) in [6.07, 6.45) is -8.65. The minimum Gasteiger partial charge on any atom is -0.373 e. The molecular formula is C20H24F6N2O2. The topological polar surface area (TPSA) is 32.8 Å². The van der Waals surface area contributed by atoms with Gasteiger partial charge in [0.05, 0.1) is 23.3 Å². The highest BCUT2D eigenvalue weighted by Gasteiger charge is 2.39. The zero-order valence-corrected chi connectivity index (χ0v) is 16.7. The molecule has 0 aromatic heterocycles. The zero-order chi connectivity index (χ0) is 22.3. The molecule has 2 saturated heterocycles. The monoisotopic (exact) mass is 438 g/mol. The van der Waals surface area contributed by atoms with Crippen molar-refractivity contribution in [2.75, 3.05) is 26.2 Å². The highest BCUT2D eigenvalue weighted by molar-refractivity contribution is 5.95. The second kappa shape index (κ2) is 8.37. The number of halogens is 6. The molecule has 1 amide bonds. The molecule has 2 aliphatic heterocycles. The lowest BCUT2D eigenvalue weighted by Crippen LogP contribution is -2.51. The van der Waals surface area contributed by atoms with Crippen LogP contribution in [0.4, 0.5) is 26.3 Å². The van der Waals surface area contributed by atoms with Crippen LogP contribution in [0.1, 0.15) is 48.2 Å². The van der Waals surface area contributed by atoms with Crippen molar-refractivity contribution in [1.82, 2.24) is 9.80 Å². The largest absolute Gasteiger partial charge is 0.416 e. The van der Waals surface area contributed by atoms with Gasteiger partial charge in [-0.25, -0.2) is 0 Å². The summed E-state index contributed by atoms with van der Waals surface area (Å²) in [6, 6.07) is 0.783. The first kappa shape index (κ1) is 22.9. The van der Waals surface area contributed by atoms with E-state index in [9.17, 15) is 31.1 Å². The number of morpholine rings is 1. The van der Waals surface area contributed by atoms with Crippen molar-refractivity contribution in [2.24, 2.45) is 0 Å². The highest BCUT2D eigenvalue weighted by Crippen LogP contribution is 2.37. The summed E-state index contributed by atoms with van der Waals surface area (Å²) in [5.74, 6) is -0.802. The summed E-state index contributed by atoms with van der Waals surface area (Å²) in [4.78, 5) is 16.5. The fourth-order valence-corrected chi connectivity index (χ4v) is 4.27. The minimum atomic E-state index is -4.99. The molecule has 4 nitrogen and oxygen atoms in total. The zero-order valence-electron chi connectivity index (χ0n) is 16.7. The maximum atomic E-state index is 13.1. The molecule has 1 aromatic rings. The molecule has 0 N–H and O–H groups in total. The van der Waals surface area contributed by atoms with E-state index in [-0.39, 0.29) is 24.3 Å². The Hall–Kier alpha value is -1.81. The molecule has 3 atom stereocenters. The van der Waals surface area contributed by atoms with E-state index in [1.807, 2.05) is 13.8 Å². The lowest BCUT2D eigenvalue weighted by molar-refractivity contribution is -0.143. The molecule has 0 saturated carbocycles. The van der Waals surface area contributed by atoms with Crippen LogP contribution in [-0.2, 0) is 17.1 Å². The predicted octanol–water partition coefficient (Wildman–Crippen LogP) is 4.44. The molecule has 30 heavy (non-hydrogen) atoms. The van der Waals surface area contributed by atoms with Crippen LogP contribution in [0.2, 0.25) is 0 Å². The molecule has 10 heteroatoms. The molecule has 3 rings (SSSR count). The van der Waals surface area contributed by atoms with Gasteiger partial charge in [-0.1, -0.05) is 0 Å². The van der Waals surface area contributed by atoms with Crippen molar-refractivity contribution in [2.45, 2.75) is 57.3 Å². The second-order valence-electron chi connectivity index (χ2n) is 8.07. The van der Waals surface area contributed by atoms with Gasteiger partial charge in [0, 0.05) is 37.8 Å². The predicted molar refractivity (Wildman–Crippen MR) is 97.0 cm³/mol. The van der Waals surface area contributed by atoms with Crippen molar-refractivity contribution in [3.8, 4) is 0 Å². The molecule has 3 unspecified atom stereocenters. The van der Waals surface area contributed by atoms with E-state index in [0.29, 0.717) is 51.2 Å². The number of benzene rings is 1. The number of rotatable bonds is 3. The SMILES string of the molecule is CC1CN(CC2CCCN2C(=O)c2cc(C(F)(F)F)cc(C(F)(F)F)c2)CC(C)O1. The van der Waals surface area contributed by atoms with E-state index >= 15 is 0 Å². The van der Waals surface area contributed by atoms with E-state index in [0.717, 1.165) is 0 Å². The fraction of sp³-hybridized carbons (Fsp3) is 0.650. The van der Waals surface area contributed by atoms with Gasteiger partial charge in [-0.3, -0.25) is 9.69 Å². The maximum absolute atomic E-state index is 13.1. The van der Waals surface area contributed by atoms with Crippen molar-refractivity contribution in [3.63, 3.8) is 0 Å². The number of amides is 1. The summed E-state index contributed by atoms with van der Waals surface area (Å²) in [5, 5.41) is 0. The Morgan fingerprint density at radius 2 is 1.53 bits per heavy atom. The third kappa shape index (κ3) is 5.26. The van der Waals surface area contributed by atoms with Crippen LogP contribution < -0.4 is 0 Å². The lowest BCUT2D eigenvalue weighted by atomic mass is 10.0.